The molecule has 2 N–H and O–H groups in total. The van der Waals surface area contributed by atoms with Crippen molar-refractivity contribution in [1.82, 2.24) is 9.55 Å². The minimum Gasteiger partial charge on any atom is -0.375 e. The molecule has 0 aliphatic carbocycles. The topological polar surface area (TPSA) is 53.1 Å². The first kappa shape index (κ1) is 14.5. The van der Waals surface area contributed by atoms with Crippen molar-refractivity contribution in [1.29, 1.82) is 0 Å². The van der Waals surface area contributed by atoms with Gasteiger partial charge in [-0.05, 0) is 39.5 Å². The third-order valence-corrected chi connectivity index (χ3v) is 4.48. The number of nitrogens with two attached hydrogens (primary N) is 1. The summed E-state index contributed by atoms with van der Waals surface area (Å²) in [5, 5.41) is 0. The van der Waals surface area contributed by atoms with Gasteiger partial charge < -0.3 is 15.0 Å². The lowest BCUT2D eigenvalue weighted by Crippen LogP contribution is -2.41. The fraction of sp³-hybridized carbons (Fsp3) is 0.800. The van der Waals surface area contributed by atoms with Crippen molar-refractivity contribution in [2.24, 2.45) is 5.73 Å². The Labute approximate surface area is 116 Å². The number of imidazole rings is 1. The lowest BCUT2D eigenvalue weighted by Gasteiger charge is -2.41. The molecule has 1 saturated heterocycles. The number of hydrogen-bond acceptors (Lipinski definition) is 3. The lowest BCUT2D eigenvalue weighted by molar-refractivity contribution is -0.0992. The summed E-state index contributed by atoms with van der Waals surface area (Å²) >= 11 is 0. The van der Waals surface area contributed by atoms with E-state index in [-0.39, 0.29) is 11.1 Å². The van der Waals surface area contributed by atoms with Gasteiger partial charge in [0.25, 0.3) is 0 Å². The molecule has 1 aromatic heterocycles. The van der Waals surface area contributed by atoms with Crippen LogP contribution in [0.5, 0.6) is 0 Å². The van der Waals surface area contributed by atoms with Crippen molar-refractivity contribution in [2.45, 2.75) is 70.6 Å². The van der Waals surface area contributed by atoms with E-state index >= 15 is 0 Å². The maximum atomic E-state index is 6.25. The predicted octanol–water partition coefficient (Wildman–Crippen LogP) is 2.99. The SMILES string of the molecule is CCC1(CC)CC(n2cncc2C(C)(C)N)CCO1. The largest absolute Gasteiger partial charge is 0.375 e. The number of ether oxygens (including phenoxy) is 1. The van der Waals surface area contributed by atoms with Gasteiger partial charge in [0.05, 0.1) is 23.2 Å². The van der Waals surface area contributed by atoms with Crippen molar-refractivity contribution < 1.29 is 4.74 Å². The summed E-state index contributed by atoms with van der Waals surface area (Å²) in [6, 6.07) is 0.453. The van der Waals surface area contributed by atoms with Gasteiger partial charge in [-0.2, -0.15) is 0 Å². The fourth-order valence-corrected chi connectivity index (χ4v) is 3.08. The second-order valence-electron chi connectivity index (χ2n) is 6.29. The highest BCUT2D eigenvalue weighted by Crippen LogP contribution is 2.38. The van der Waals surface area contributed by atoms with Gasteiger partial charge in [-0.25, -0.2) is 4.98 Å². The zero-order chi connectivity index (χ0) is 14.1. The van der Waals surface area contributed by atoms with E-state index < -0.39 is 0 Å². The van der Waals surface area contributed by atoms with Gasteiger partial charge in [0, 0.05) is 18.8 Å². The van der Waals surface area contributed by atoms with E-state index in [4.69, 9.17) is 10.5 Å². The van der Waals surface area contributed by atoms with Crippen LogP contribution in [0.1, 0.15) is 65.1 Å². The summed E-state index contributed by atoms with van der Waals surface area (Å²) < 4.78 is 8.32. The molecule has 0 saturated carbocycles. The number of nitrogens with zero attached hydrogens (tertiary/aromatic N) is 2. The van der Waals surface area contributed by atoms with E-state index in [1.54, 1.807) is 0 Å². The van der Waals surface area contributed by atoms with Crippen molar-refractivity contribution in [2.75, 3.05) is 6.61 Å². The van der Waals surface area contributed by atoms with Crippen molar-refractivity contribution >= 4 is 0 Å². The number of hydrogen-bond donors (Lipinski definition) is 1. The van der Waals surface area contributed by atoms with Crippen LogP contribution in [0.4, 0.5) is 0 Å². The maximum absolute atomic E-state index is 6.25. The molecule has 1 fully saturated rings. The van der Waals surface area contributed by atoms with Crippen LogP contribution in [-0.4, -0.2) is 21.8 Å². The number of aromatic nitrogens is 2. The Morgan fingerprint density at radius 3 is 2.74 bits per heavy atom. The highest BCUT2D eigenvalue weighted by Gasteiger charge is 2.36. The minimum atomic E-state index is -0.351. The summed E-state index contributed by atoms with van der Waals surface area (Å²) in [4.78, 5) is 4.31. The molecule has 1 aliphatic heterocycles. The molecule has 1 aliphatic rings. The number of rotatable bonds is 4. The van der Waals surface area contributed by atoms with Crippen LogP contribution in [-0.2, 0) is 10.3 Å². The molecule has 0 radical (unpaired) electrons. The second kappa shape index (κ2) is 5.25. The fourth-order valence-electron chi connectivity index (χ4n) is 3.08. The lowest BCUT2D eigenvalue weighted by atomic mass is 9.85. The van der Waals surface area contributed by atoms with Gasteiger partial charge in [0.1, 0.15) is 0 Å². The first-order chi connectivity index (χ1) is 8.92. The summed E-state index contributed by atoms with van der Waals surface area (Å²) in [7, 11) is 0. The van der Waals surface area contributed by atoms with Gasteiger partial charge in [0.2, 0.25) is 0 Å². The van der Waals surface area contributed by atoms with Crippen LogP contribution in [0, 0.1) is 0 Å². The molecule has 2 heterocycles. The smallest absolute Gasteiger partial charge is 0.0951 e. The second-order valence-corrected chi connectivity index (χ2v) is 6.29. The standard InChI is InChI=1S/C15H27N3O/c1-5-15(6-2)9-12(7-8-19-15)18-11-17-10-13(18)14(3,4)16/h10-12H,5-9,16H2,1-4H3. The average Bonchev–Trinajstić information content (AvgIpc) is 2.88. The third-order valence-electron chi connectivity index (χ3n) is 4.48. The van der Waals surface area contributed by atoms with Crippen molar-refractivity contribution in [3.8, 4) is 0 Å². The van der Waals surface area contributed by atoms with Gasteiger partial charge in [-0.1, -0.05) is 13.8 Å². The molecule has 4 heteroatoms. The summed E-state index contributed by atoms with van der Waals surface area (Å²) in [5.74, 6) is 0. The maximum Gasteiger partial charge on any atom is 0.0951 e. The Morgan fingerprint density at radius 2 is 2.16 bits per heavy atom. The molecule has 0 amide bonds. The first-order valence-electron chi connectivity index (χ1n) is 7.37. The Bertz CT molecular complexity index is 415. The molecule has 1 unspecified atom stereocenters. The molecular formula is C15H27N3O. The quantitative estimate of drug-likeness (QED) is 0.910. The van der Waals surface area contributed by atoms with E-state index in [2.05, 4.69) is 23.4 Å². The zero-order valence-electron chi connectivity index (χ0n) is 12.6. The van der Waals surface area contributed by atoms with Gasteiger partial charge in [0.15, 0.2) is 0 Å². The highest BCUT2D eigenvalue weighted by atomic mass is 16.5. The predicted molar refractivity (Wildman–Crippen MR) is 77.0 cm³/mol. The summed E-state index contributed by atoms with van der Waals surface area (Å²) in [6.45, 7) is 9.33. The minimum absolute atomic E-state index is 0.0310. The molecular weight excluding hydrogens is 238 g/mol. The molecule has 19 heavy (non-hydrogen) atoms. The van der Waals surface area contributed by atoms with E-state index in [0.29, 0.717) is 6.04 Å². The first-order valence-corrected chi connectivity index (χ1v) is 7.37. The Hall–Kier alpha value is -0.870. The van der Waals surface area contributed by atoms with Crippen molar-refractivity contribution in [3.63, 3.8) is 0 Å². The van der Waals surface area contributed by atoms with E-state index in [9.17, 15) is 0 Å². The monoisotopic (exact) mass is 265 g/mol. The van der Waals surface area contributed by atoms with Gasteiger partial charge in [-0.15, -0.1) is 0 Å². The molecule has 2 rings (SSSR count). The zero-order valence-corrected chi connectivity index (χ0v) is 12.6. The summed E-state index contributed by atoms with van der Waals surface area (Å²) in [5.41, 5.74) is 7.04. The third kappa shape index (κ3) is 2.84. The molecule has 1 aromatic rings. The molecule has 0 bridgehead atoms. The van der Waals surface area contributed by atoms with Crippen LogP contribution >= 0.6 is 0 Å². The van der Waals surface area contributed by atoms with Crippen LogP contribution in [0.15, 0.2) is 12.5 Å². The van der Waals surface area contributed by atoms with Gasteiger partial charge in [-0.3, -0.25) is 0 Å². The molecule has 108 valence electrons. The normalized spacial score (nSPS) is 23.5. The molecule has 1 atom stereocenters. The van der Waals surface area contributed by atoms with E-state index in [1.165, 1.54) is 0 Å². The Balaban J connectivity index is 2.25. The average molecular weight is 265 g/mol. The summed E-state index contributed by atoms with van der Waals surface area (Å²) in [6.07, 6.45) is 8.05. The molecule has 4 nitrogen and oxygen atoms in total. The Morgan fingerprint density at radius 1 is 1.47 bits per heavy atom. The van der Waals surface area contributed by atoms with Crippen LogP contribution in [0.2, 0.25) is 0 Å². The van der Waals surface area contributed by atoms with Crippen LogP contribution in [0.25, 0.3) is 0 Å². The van der Waals surface area contributed by atoms with Crippen molar-refractivity contribution in [3.05, 3.63) is 18.2 Å². The molecule has 0 spiro atoms. The van der Waals surface area contributed by atoms with Gasteiger partial charge >= 0.3 is 0 Å². The van der Waals surface area contributed by atoms with E-state index in [0.717, 1.165) is 38.0 Å². The van der Waals surface area contributed by atoms with E-state index in [1.807, 2.05) is 26.4 Å². The Kier molecular flexibility index (Phi) is 4.02. The van der Waals surface area contributed by atoms with Crippen LogP contribution in [0.3, 0.4) is 0 Å². The highest BCUT2D eigenvalue weighted by molar-refractivity contribution is 5.12. The molecule has 0 aromatic carbocycles. The van der Waals surface area contributed by atoms with Crippen LogP contribution < -0.4 is 5.73 Å².